The number of nitrogens with one attached hydrogen (secondary N) is 1. The minimum absolute atomic E-state index is 0.0945. The number of hydrogen-bond donors (Lipinski definition) is 1. The Morgan fingerprint density at radius 2 is 1.62 bits per heavy atom. The van der Waals surface area contributed by atoms with E-state index in [1.165, 1.54) is 16.2 Å². The predicted octanol–water partition coefficient (Wildman–Crippen LogP) is 5.55. The van der Waals surface area contributed by atoms with Crippen LogP contribution in [0.2, 0.25) is 0 Å². The molecule has 0 aliphatic carbocycles. The maximum Gasteiger partial charge on any atom is 0.152 e. The zero-order chi connectivity index (χ0) is 17.3. The van der Waals surface area contributed by atoms with E-state index in [9.17, 15) is 4.79 Å². The highest BCUT2D eigenvalue weighted by atomic mass is 32.1. The van der Waals surface area contributed by atoms with Gasteiger partial charge in [0.25, 0.3) is 0 Å². The summed E-state index contributed by atoms with van der Waals surface area (Å²) < 4.78 is 0. The van der Waals surface area contributed by atoms with E-state index in [4.69, 9.17) is 0 Å². The van der Waals surface area contributed by atoms with Gasteiger partial charge >= 0.3 is 0 Å². The molecule has 3 heteroatoms. The second-order valence-corrected chi connectivity index (χ2v) is 5.90. The van der Waals surface area contributed by atoms with Crippen LogP contribution in [-0.4, -0.2) is 18.9 Å². The molecule has 21 heavy (non-hydrogen) atoms. The van der Waals surface area contributed by atoms with Gasteiger partial charge in [-0.2, -0.15) is 0 Å². The fraction of sp³-hybridized carbons (Fsp3) is 0.611. The molecule has 0 bridgehead atoms. The Balaban J connectivity index is -0.000000239. The highest BCUT2D eigenvalue weighted by molar-refractivity contribution is 7.11. The second kappa shape index (κ2) is 19.1. The lowest BCUT2D eigenvalue weighted by Gasteiger charge is -1.99. The summed E-state index contributed by atoms with van der Waals surface area (Å²) in [6, 6.07) is 4.56. The van der Waals surface area contributed by atoms with Crippen LogP contribution in [0.25, 0.3) is 0 Å². The molecule has 1 heterocycles. The summed E-state index contributed by atoms with van der Waals surface area (Å²) in [5.74, 6) is 0.0945. The number of hydrogen-bond acceptors (Lipinski definition) is 3. The maximum absolute atomic E-state index is 10.3. The van der Waals surface area contributed by atoms with Crippen molar-refractivity contribution >= 4 is 17.1 Å². The standard InChI is InChI=1S/C7H13NO.C6H8S.C3H8.C2H6/c1-6(8-3)4-5-7(2)9;1-5-3-4-6(2)7-5;1-3-2;1-2/h4-6,8H,1-3H3;3-4H,1-2H3;3H2,1-2H3;1-2H3/b5-4-;;;. The van der Waals surface area contributed by atoms with E-state index in [1.807, 2.05) is 45.2 Å². The van der Waals surface area contributed by atoms with Gasteiger partial charge in [-0.3, -0.25) is 4.79 Å². The van der Waals surface area contributed by atoms with Crippen LogP contribution in [0.5, 0.6) is 0 Å². The molecule has 0 saturated carbocycles. The van der Waals surface area contributed by atoms with Gasteiger partial charge in [-0.15, -0.1) is 11.3 Å². The van der Waals surface area contributed by atoms with Gasteiger partial charge in [0.05, 0.1) is 0 Å². The van der Waals surface area contributed by atoms with Gasteiger partial charge in [0.2, 0.25) is 0 Å². The Labute approximate surface area is 136 Å². The monoisotopic (exact) mass is 313 g/mol. The molecule has 1 unspecified atom stereocenters. The molecule has 1 aromatic rings. The molecule has 0 radical (unpaired) electrons. The van der Waals surface area contributed by atoms with Crippen LogP contribution in [0.4, 0.5) is 0 Å². The van der Waals surface area contributed by atoms with Gasteiger partial charge in [-0.25, -0.2) is 0 Å². The maximum atomic E-state index is 10.3. The molecular formula is C18H35NOS. The van der Waals surface area contributed by atoms with Crippen LogP contribution in [0.1, 0.15) is 57.7 Å². The lowest BCUT2D eigenvalue weighted by atomic mass is 10.3. The second-order valence-electron chi connectivity index (χ2n) is 4.41. The van der Waals surface area contributed by atoms with Gasteiger partial charge in [0, 0.05) is 15.8 Å². The van der Waals surface area contributed by atoms with Gasteiger partial charge in [0.15, 0.2) is 5.78 Å². The molecule has 0 saturated heterocycles. The van der Waals surface area contributed by atoms with Crippen molar-refractivity contribution in [1.29, 1.82) is 0 Å². The van der Waals surface area contributed by atoms with Crippen LogP contribution >= 0.6 is 11.3 Å². The van der Waals surface area contributed by atoms with Crippen LogP contribution in [-0.2, 0) is 4.79 Å². The minimum Gasteiger partial charge on any atom is -0.314 e. The third kappa shape index (κ3) is 24.5. The number of thiophene rings is 1. The van der Waals surface area contributed by atoms with Gasteiger partial charge in [0.1, 0.15) is 0 Å². The van der Waals surface area contributed by atoms with Gasteiger partial charge < -0.3 is 5.32 Å². The van der Waals surface area contributed by atoms with Gasteiger partial charge in [-0.1, -0.05) is 40.2 Å². The van der Waals surface area contributed by atoms with Crippen LogP contribution in [0.15, 0.2) is 24.3 Å². The highest BCUT2D eigenvalue weighted by Crippen LogP contribution is 2.12. The first-order valence-corrected chi connectivity index (χ1v) is 8.58. The summed E-state index contributed by atoms with van der Waals surface area (Å²) in [6.07, 6.45) is 4.66. The topological polar surface area (TPSA) is 29.1 Å². The zero-order valence-corrected chi connectivity index (χ0v) is 16.2. The van der Waals surface area contributed by atoms with E-state index < -0.39 is 0 Å². The molecule has 0 fully saturated rings. The quantitative estimate of drug-likeness (QED) is 0.742. The third-order valence-corrected chi connectivity index (χ3v) is 2.87. The molecule has 0 aliphatic heterocycles. The van der Waals surface area contributed by atoms with E-state index in [2.05, 4.69) is 45.1 Å². The van der Waals surface area contributed by atoms with E-state index >= 15 is 0 Å². The van der Waals surface area contributed by atoms with E-state index in [0.29, 0.717) is 0 Å². The summed E-state index contributed by atoms with van der Waals surface area (Å²) in [4.78, 5) is 13.2. The summed E-state index contributed by atoms with van der Waals surface area (Å²) >= 11 is 1.84. The van der Waals surface area contributed by atoms with Crippen molar-refractivity contribution in [1.82, 2.24) is 5.32 Å². The Bertz CT molecular complexity index is 339. The summed E-state index contributed by atoms with van der Waals surface area (Å²) in [7, 11) is 1.86. The number of ketones is 1. The Kier molecular flexibility index (Phi) is 22.7. The predicted molar refractivity (Wildman–Crippen MR) is 99.4 cm³/mol. The molecule has 0 aromatic carbocycles. The average molecular weight is 314 g/mol. The molecular weight excluding hydrogens is 278 g/mol. The smallest absolute Gasteiger partial charge is 0.152 e. The molecule has 1 N–H and O–H groups in total. The Morgan fingerprint density at radius 3 is 1.81 bits per heavy atom. The lowest BCUT2D eigenvalue weighted by Crippen LogP contribution is -2.18. The lowest BCUT2D eigenvalue weighted by molar-refractivity contribution is -0.112. The van der Waals surface area contributed by atoms with Crippen molar-refractivity contribution in [2.24, 2.45) is 0 Å². The first-order chi connectivity index (χ1) is 9.87. The first-order valence-electron chi connectivity index (χ1n) is 7.76. The number of aryl methyl sites for hydroxylation is 2. The fourth-order valence-electron chi connectivity index (χ4n) is 0.933. The van der Waals surface area contributed by atoms with Crippen molar-refractivity contribution in [2.45, 2.75) is 67.9 Å². The first kappa shape index (κ1) is 25.0. The van der Waals surface area contributed by atoms with Crippen LogP contribution in [0, 0.1) is 13.8 Å². The molecule has 0 amide bonds. The Hall–Kier alpha value is -0.930. The third-order valence-electron chi connectivity index (χ3n) is 1.95. The van der Waals surface area contributed by atoms with Crippen molar-refractivity contribution in [3.05, 3.63) is 34.0 Å². The molecule has 124 valence electrons. The number of carbonyl (C=O) groups is 1. The van der Waals surface area contributed by atoms with Gasteiger partial charge in [-0.05, 0) is 53.0 Å². The fourth-order valence-corrected chi connectivity index (χ4v) is 1.71. The van der Waals surface area contributed by atoms with Crippen molar-refractivity contribution < 1.29 is 4.79 Å². The normalized spacial score (nSPS) is 10.3. The molecule has 1 aromatic heterocycles. The van der Waals surface area contributed by atoms with Crippen molar-refractivity contribution in [3.63, 3.8) is 0 Å². The summed E-state index contributed by atoms with van der Waals surface area (Å²) in [5.41, 5.74) is 0. The van der Waals surface area contributed by atoms with E-state index in [1.54, 1.807) is 13.0 Å². The van der Waals surface area contributed by atoms with Crippen molar-refractivity contribution in [3.8, 4) is 0 Å². The number of rotatable bonds is 3. The van der Waals surface area contributed by atoms with E-state index in [-0.39, 0.29) is 11.8 Å². The van der Waals surface area contributed by atoms with Crippen molar-refractivity contribution in [2.75, 3.05) is 7.05 Å². The SMILES string of the molecule is CC.CCC.CNC(C)/C=C\C(C)=O.Cc1ccc(C)s1. The number of carbonyl (C=O) groups excluding carboxylic acids is 1. The molecule has 0 spiro atoms. The Morgan fingerprint density at radius 1 is 1.24 bits per heavy atom. The number of allylic oxidation sites excluding steroid dienone is 1. The average Bonchev–Trinajstić information content (AvgIpc) is 2.83. The molecule has 0 aliphatic rings. The molecule has 1 rings (SSSR count). The minimum atomic E-state index is 0.0945. The summed E-state index contributed by atoms with van der Waals surface area (Å²) in [5, 5.41) is 2.98. The molecule has 2 nitrogen and oxygen atoms in total. The largest absolute Gasteiger partial charge is 0.314 e. The summed E-state index contributed by atoms with van der Waals surface area (Å²) in [6.45, 7) is 16.0. The highest BCUT2D eigenvalue weighted by Gasteiger charge is 1.88. The number of likely N-dealkylation sites (N-methyl/N-ethyl adjacent to an activating group) is 1. The van der Waals surface area contributed by atoms with Crippen LogP contribution < -0.4 is 5.32 Å². The zero-order valence-electron chi connectivity index (χ0n) is 15.4. The molecule has 1 atom stereocenters. The van der Waals surface area contributed by atoms with Crippen LogP contribution in [0.3, 0.4) is 0 Å². The van der Waals surface area contributed by atoms with E-state index in [0.717, 1.165) is 0 Å².